The zero-order valence-electron chi connectivity index (χ0n) is 25.8. The number of ketones is 1. The Kier molecular flexibility index (Phi) is 18.8. The maximum Gasteiger partial charge on any atom is 0.317 e. The van der Waals surface area contributed by atoms with Crippen LogP contribution in [0.4, 0.5) is 18.0 Å². The van der Waals surface area contributed by atoms with E-state index >= 15 is 0 Å². The van der Waals surface area contributed by atoms with Crippen molar-refractivity contribution in [3.63, 3.8) is 0 Å². The van der Waals surface area contributed by atoms with Gasteiger partial charge in [-0.15, -0.1) is 0 Å². The van der Waals surface area contributed by atoms with Crippen LogP contribution in [-0.4, -0.2) is 54.3 Å². The van der Waals surface area contributed by atoms with Crippen LogP contribution in [0.1, 0.15) is 78.4 Å². The number of rotatable bonds is 10. The fraction of sp³-hybridized carbons (Fsp3) is 0.452. The molecule has 0 spiro atoms. The Morgan fingerprint density at radius 2 is 1.52 bits per heavy atom. The molecule has 0 heterocycles. The second-order valence-electron chi connectivity index (χ2n) is 9.63. The molecule has 8 nitrogen and oxygen atoms in total. The molecule has 11 heteroatoms. The molecule has 0 radical (unpaired) electrons. The summed E-state index contributed by atoms with van der Waals surface area (Å²) >= 11 is 0. The van der Waals surface area contributed by atoms with E-state index in [4.69, 9.17) is 0 Å². The highest BCUT2D eigenvalue weighted by Crippen LogP contribution is 2.14. The predicted molar refractivity (Wildman–Crippen MR) is 160 cm³/mol. The van der Waals surface area contributed by atoms with E-state index in [9.17, 15) is 27.6 Å². The smallest absolute Gasteiger partial charge is 0.317 e. The number of Topliss-reactive ketones (excluding diaryl/α,β-unsaturated/α-hetero) is 1. The summed E-state index contributed by atoms with van der Waals surface area (Å²) in [6, 6.07) is 9.96. The maximum absolute atomic E-state index is 13.6. The molecule has 0 fully saturated rings. The van der Waals surface area contributed by atoms with Gasteiger partial charge in [0.05, 0.1) is 12.8 Å². The van der Waals surface area contributed by atoms with E-state index in [0.29, 0.717) is 30.5 Å². The van der Waals surface area contributed by atoms with Crippen molar-refractivity contribution in [2.24, 2.45) is 10.2 Å². The number of ether oxygens (including phenoxy) is 1. The molecule has 0 saturated heterocycles. The first-order chi connectivity index (χ1) is 19.7. The Labute approximate surface area is 247 Å². The number of hydrogen-bond donors (Lipinski definition) is 1. The van der Waals surface area contributed by atoms with Gasteiger partial charge in [0.2, 0.25) is 0 Å². The van der Waals surface area contributed by atoms with E-state index < -0.39 is 11.6 Å². The van der Waals surface area contributed by atoms with Crippen molar-refractivity contribution in [1.29, 1.82) is 0 Å². The molecule has 0 aliphatic heterocycles. The van der Waals surface area contributed by atoms with E-state index in [-0.39, 0.29) is 41.8 Å². The number of amides is 2. The number of esters is 1. The van der Waals surface area contributed by atoms with Crippen LogP contribution in [0.2, 0.25) is 0 Å². The van der Waals surface area contributed by atoms with Crippen LogP contribution in [0.3, 0.4) is 0 Å². The molecular weight excluding hydrogens is 549 g/mol. The van der Waals surface area contributed by atoms with Crippen LogP contribution in [-0.2, 0) is 20.9 Å². The lowest BCUT2D eigenvalue weighted by atomic mass is 10.1. The van der Waals surface area contributed by atoms with Gasteiger partial charge in [-0.2, -0.15) is 10.2 Å². The molecule has 2 aromatic rings. The van der Waals surface area contributed by atoms with Gasteiger partial charge >= 0.3 is 12.0 Å². The SMILES string of the molecule is CC(C)=N/N=C(\C)c1ccccc1F.CC(C)=O.CCC(CCCC(=O)OC)N(C)C(=O)NCc1cccc(F)c1F. The first kappa shape index (κ1) is 38.0. The summed E-state index contributed by atoms with van der Waals surface area (Å²) in [5.41, 5.74) is 2.03. The number of nitrogens with zero attached hydrogens (tertiary/aromatic N) is 3. The number of benzene rings is 2. The zero-order valence-corrected chi connectivity index (χ0v) is 25.8. The van der Waals surface area contributed by atoms with E-state index in [1.807, 2.05) is 20.8 Å². The first-order valence-electron chi connectivity index (χ1n) is 13.5. The van der Waals surface area contributed by atoms with Gasteiger partial charge in [-0.1, -0.05) is 37.3 Å². The van der Waals surface area contributed by atoms with Gasteiger partial charge in [-0.05, 0) is 66.0 Å². The minimum Gasteiger partial charge on any atom is -0.469 e. The third-order valence-corrected chi connectivity index (χ3v) is 5.61. The summed E-state index contributed by atoms with van der Waals surface area (Å²) < 4.78 is 44.5. The topological polar surface area (TPSA) is 100 Å². The maximum atomic E-state index is 13.6. The van der Waals surface area contributed by atoms with Crippen molar-refractivity contribution < 1.29 is 32.3 Å². The van der Waals surface area contributed by atoms with Crippen LogP contribution in [0, 0.1) is 17.5 Å². The Bertz CT molecular complexity index is 1210. The van der Waals surface area contributed by atoms with Crippen LogP contribution in [0.5, 0.6) is 0 Å². The third-order valence-electron chi connectivity index (χ3n) is 5.61. The number of nitrogens with one attached hydrogen (secondary N) is 1. The van der Waals surface area contributed by atoms with Crippen molar-refractivity contribution in [2.45, 2.75) is 79.8 Å². The van der Waals surface area contributed by atoms with E-state index in [1.165, 1.54) is 44.1 Å². The molecule has 42 heavy (non-hydrogen) atoms. The van der Waals surface area contributed by atoms with Crippen molar-refractivity contribution in [3.8, 4) is 0 Å². The molecule has 2 amide bonds. The molecule has 0 aromatic heterocycles. The quantitative estimate of drug-likeness (QED) is 0.185. The number of urea groups is 1. The van der Waals surface area contributed by atoms with Crippen LogP contribution in [0.25, 0.3) is 0 Å². The number of methoxy groups -OCH3 is 1. The van der Waals surface area contributed by atoms with E-state index in [1.54, 1.807) is 32.2 Å². The van der Waals surface area contributed by atoms with Gasteiger partial charge < -0.3 is 19.7 Å². The number of carbonyl (C=O) groups excluding carboxylic acids is 3. The molecule has 0 bridgehead atoms. The Morgan fingerprint density at radius 1 is 0.929 bits per heavy atom. The average molecular weight is 593 g/mol. The third kappa shape index (κ3) is 15.7. The highest BCUT2D eigenvalue weighted by molar-refractivity contribution is 5.99. The van der Waals surface area contributed by atoms with Gasteiger partial charge in [0, 0.05) is 42.9 Å². The minimum absolute atomic E-state index is 0.0491. The molecular formula is C31H43F3N4O4. The lowest BCUT2D eigenvalue weighted by Crippen LogP contribution is -2.43. The summed E-state index contributed by atoms with van der Waals surface area (Å²) in [6.45, 7) is 10.3. The second kappa shape index (κ2) is 20.8. The van der Waals surface area contributed by atoms with Crippen molar-refractivity contribution in [1.82, 2.24) is 10.2 Å². The van der Waals surface area contributed by atoms with Crippen molar-refractivity contribution >= 4 is 29.2 Å². The molecule has 1 N–H and O–H groups in total. The fourth-order valence-corrected chi connectivity index (χ4v) is 3.39. The number of hydrogen-bond acceptors (Lipinski definition) is 6. The summed E-state index contributed by atoms with van der Waals surface area (Å²) in [6.07, 6.45) is 2.29. The number of halogens is 3. The summed E-state index contributed by atoms with van der Waals surface area (Å²) in [5.74, 6) is -2.27. The largest absolute Gasteiger partial charge is 0.469 e. The normalized spacial score (nSPS) is 11.1. The van der Waals surface area contributed by atoms with E-state index in [0.717, 1.165) is 18.2 Å². The zero-order chi connectivity index (χ0) is 32.2. The fourth-order valence-electron chi connectivity index (χ4n) is 3.39. The highest BCUT2D eigenvalue weighted by Gasteiger charge is 2.19. The summed E-state index contributed by atoms with van der Waals surface area (Å²) in [5, 5.41) is 10.4. The Balaban J connectivity index is 0.000000784. The molecule has 232 valence electrons. The molecule has 0 aliphatic rings. The van der Waals surface area contributed by atoms with Gasteiger partial charge in [0.25, 0.3) is 0 Å². The molecule has 2 aromatic carbocycles. The number of carbonyl (C=O) groups is 3. The second-order valence-corrected chi connectivity index (χ2v) is 9.63. The molecule has 1 unspecified atom stereocenters. The average Bonchev–Trinajstić information content (AvgIpc) is 2.94. The monoisotopic (exact) mass is 592 g/mol. The molecule has 0 saturated carbocycles. The predicted octanol–water partition coefficient (Wildman–Crippen LogP) is 6.85. The van der Waals surface area contributed by atoms with E-state index in [2.05, 4.69) is 20.3 Å². The van der Waals surface area contributed by atoms with Crippen LogP contribution < -0.4 is 5.32 Å². The molecule has 1 atom stereocenters. The molecule has 0 aliphatic carbocycles. The van der Waals surface area contributed by atoms with Crippen LogP contribution in [0.15, 0.2) is 52.7 Å². The van der Waals surface area contributed by atoms with Gasteiger partial charge in [0.15, 0.2) is 11.6 Å². The highest BCUT2D eigenvalue weighted by atomic mass is 19.2. The van der Waals surface area contributed by atoms with Gasteiger partial charge in [0.1, 0.15) is 11.6 Å². The summed E-state index contributed by atoms with van der Waals surface area (Å²) in [4.78, 5) is 34.3. The van der Waals surface area contributed by atoms with Crippen molar-refractivity contribution in [2.75, 3.05) is 14.2 Å². The lowest BCUT2D eigenvalue weighted by molar-refractivity contribution is -0.140. The Hall–Kier alpha value is -4.02. The lowest BCUT2D eigenvalue weighted by Gasteiger charge is -2.27. The van der Waals surface area contributed by atoms with Crippen LogP contribution >= 0.6 is 0 Å². The molecule has 2 rings (SSSR count). The Morgan fingerprint density at radius 3 is 2.07 bits per heavy atom. The van der Waals surface area contributed by atoms with Crippen molar-refractivity contribution in [3.05, 3.63) is 71.0 Å². The minimum atomic E-state index is -0.953. The van der Waals surface area contributed by atoms with Gasteiger partial charge in [-0.25, -0.2) is 18.0 Å². The summed E-state index contributed by atoms with van der Waals surface area (Å²) in [7, 11) is 2.98. The van der Waals surface area contributed by atoms with Gasteiger partial charge in [-0.3, -0.25) is 4.79 Å². The first-order valence-corrected chi connectivity index (χ1v) is 13.5. The standard InChI is InChI=1S/C17H24F2N2O3.C11H13FN2.C3H6O/c1-4-13(8-6-10-15(22)24-3)21(2)17(23)20-11-12-7-5-9-14(18)16(12)19;1-8(2)13-14-9(3)10-6-4-5-7-11(10)12;1-3(2)4/h5,7,9,13H,4,6,8,10-11H2,1-3H3,(H,20,23);4-7H,1-3H3;1-2H3/b;14-9+;.